The van der Waals surface area contributed by atoms with Crippen LogP contribution < -0.4 is 5.32 Å². The highest BCUT2D eigenvalue weighted by molar-refractivity contribution is 5.74. The van der Waals surface area contributed by atoms with E-state index in [4.69, 9.17) is 14.7 Å². The molecule has 0 bridgehead atoms. The van der Waals surface area contributed by atoms with Crippen molar-refractivity contribution in [3.63, 3.8) is 0 Å². The van der Waals surface area contributed by atoms with Gasteiger partial charge in [0, 0.05) is 25.5 Å². The molecule has 5 aromatic rings. The van der Waals surface area contributed by atoms with Gasteiger partial charge in [-0.1, -0.05) is 56.0 Å². The van der Waals surface area contributed by atoms with Crippen molar-refractivity contribution in [1.82, 2.24) is 30.2 Å². The van der Waals surface area contributed by atoms with E-state index < -0.39 is 0 Å². The molecule has 8 nitrogen and oxygen atoms in total. The third kappa shape index (κ3) is 7.56. The van der Waals surface area contributed by atoms with Gasteiger partial charge in [-0.3, -0.25) is 19.7 Å². The highest BCUT2D eigenvalue weighted by Gasteiger charge is 2.28. The molecule has 2 N–H and O–H groups in total. The Hall–Kier alpha value is -4.40. The Morgan fingerprint density at radius 3 is 2.57 bits per heavy atom. The average Bonchev–Trinajstić information content (AvgIpc) is 3.46. The number of hydrogen-bond acceptors (Lipinski definition) is 7. The Morgan fingerprint density at radius 1 is 0.977 bits per heavy atom. The summed E-state index contributed by atoms with van der Waals surface area (Å²) in [6.45, 7) is 4.29. The maximum Gasteiger partial charge on any atom is 0.307 e. The van der Waals surface area contributed by atoms with Gasteiger partial charge in [0.25, 0.3) is 0 Å². The van der Waals surface area contributed by atoms with Crippen molar-refractivity contribution in [2.45, 2.75) is 71.8 Å². The molecule has 2 atom stereocenters. The van der Waals surface area contributed by atoms with Gasteiger partial charge >= 0.3 is 5.97 Å². The summed E-state index contributed by atoms with van der Waals surface area (Å²) in [5, 5.41) is 3.52. The Labute approximate surface area is 259 Å². The summed E-state index contributed by atoms with van der Waals surface area (Å²) in [5.74, 6) is 0.733. The first-order valence-corrected chi connectivity index (χ1v) is 15.2. The Morgan fingerprint density at radius 2 is 1.77 bits per heavy atom. The molecule has 1 aliphatic carbocycles. The van der Waals surface area contributed by atoms with E-state index in [0.29, 0.717) is 19.7 Å². The third-order valence-corrected chi connectivity index (χ3v) is 8.08. The Kier molecular flexibility index (Phi) is 10.5. The van der Waals surface area contributed by atoms with Crippen molar-refractivity contribution < 1.29 is 9.53 Å². The van der Waals surface area contributed by atoms with Crippen LogP contribution in [0.2, 0.25) is 0 Å². The number of carbonyl (C=O) groups is 1. The van der Waals surface area contributed by atoms with Crippen LogP contribution in [-0.2, 0) is 35.6 Å². The molecule has 2 unspecified atom stereocenters. The van der Waals surface area contributed by atoms with Crippen LogP contribution in [0.1, 0.15) is 79.6 Å². The molecule has 3 aromatic heterocycles. The fraction of sp³-hybridized carbons (Fsp3) is 0.333. The van der Waals surface area contributed by atoms with E-state index in [1.54, 1.807) is 6.20 Å². The molecule has 44 heavy (non-hydrogen) atoms. The maximum absolute atomic E-state index is 12.3. The predicted molar refractivity (Wildman–Crippen MR) is 173 cm³/mol. The lowest BCUT2D eigenvalue weighted by Gasteiger charge is -2.34. The molecule has 8 heteroatoms. The first kappa shape index (κ1) is 31.0. The number of ether oxygens (including phenoxy) is 1. The molecule has 0 spiro atoms. The molecule has 0 saturated carbocycles. The van der Waals surface area contributed by atoms with Crippen LogP contribution in [0.25, 0.3) is 11.0 Å². The lowest BCUT2D eigenvalue weighted by atomic mass is 9.90. The molecular formula is C36H42N6O2. The summed E-state index contributed by atoms with van der Waals surface area (Å²) in [4.78, 5) is 32.5. The zero-order valence-corrected chi connectivity index (χ0v) is 24.6. The second kappa shape index (κ2) is 14.9. The molecule has 0 saturated heterocycles. The summed E-state index contributed by atoms with van der Waals surface area (Å²) in [5.41, 5.74) is 7.78. The van der Waals surface area contributed by atoms with Crippen molar-refractivity contribution >= 4 is 17.0 Å². The van der Waals surface area contributed by atoms with E-state index >= 15 is 0 Å². The van der Waals surface area contributed by atoms with E-state index in [0.717, 1.165) is 53.9 Å². The second-order valence-corrected chi connectivity index (χ2v) is 11.1. The van der Waals surface area contributed by atoms with Gasteiger partial charge in [0.2, 0.25) is 0 Å². The molecular weight excluding hydrogens is 548 g/mol. The summed E-state index contributed by atoms with van der Waals surface area (Å²) >= 11 is 0. The van der Waals surface area contributed by atoms with Crippen molar-refractivity contribution in [3.05, 3.63) is 125 Å². The number of rotatable bonds is 12. The molecule has 0 aliphatic heterocycles. The number of nitrogens with one attached hydrogen (secondary N) is 2. The third-order valence-electron chi connectivity index (χ3n) is 8.08. The lowest BCUT2D eigenvalue weighted by Crippen LogP contribution is -2.31. The molecule has 228 valence electrons. The molecule has 2 aromatic carbocycles. The van der Waals surface area contributed by atoms with Gasteiger partial charge < -0.3 is 15.0 Å². The van der Waals surface area contributed by atoms with Crippen LogP contribution in [0, 0.1) is 0 Å². The monoisotopic (exact) mass is 590 g/mol. The van der Waals surface area contributed by atoms with E-state index in [1.807, 2.05) is 49.5 Å². The minimum Gasteiger partial charge on any atom is -0.466 e. The van der Waals surface area contributed by atoms with Gasteiger partial charge in [-0.25, -0.2) is 4.98 Å². The minimum atomic E-state index is -0.232. The fourth-order valence-electron chi connectivity index (χ4n) is 5.98. The Balaban J connectivity index is 0.00000384. The first-order valence-electron chi connectivity index (χ1n) is 15.2. The molecule has 6 rings (SSSR count). The van der Waals surface area contributed by atoms with Crippen LogP contribution in [0.5, 0.6) is 0 Å². The van der Waals surface area contributed by atoms with Crippen LogP contribution in [0.3, 0.4) is 0 Å². The number of H-pyrrole nitrogens is 1. The normalized spacial score (nSPS) is 15.0. The number of benzene rings is 2. The van der Waals surface area contributed by atoms with Gasteiger partial charge in [-0.05, 0) is 73.2 Å². The van der Waals surface area contributed by atoms with Crippen LogP contribution >= 0.6 is 0 Å². The quantitative estimate of drug-likeness (QED) is 0.153. The van der Waals surface area contributed by atoms with E-state index in [-0.39, 0.29) is 31.9 Å². The smallest absolute Gasteiger partial charge is 0.307 e. The maximum atomic E-state index is 12.3. The van der Waals surface area contributed by atoms with Crippen LogP contribution in [-0.4, -0.2) is 37.4 Å². The van der Waals surface area contributed by atoms with Gasteiger partial charge in [0.15, 0.2) is 0 Å². The highest BCUT2D eigenvalue weighted by Crippen LogP contribution is 2.34. The van der Waals surface area contributed by atoms with Crippen molar-refractivity contribution in [3.8, 4) is 0 Å². The summed E-state index contributed by atoms with van der Waals surface area (Å²) < 4.78 is 5.21. The number of fused-ring (bicyclic) bond motifs is 2. The van der Waals surface area contributed by atoms with Gasteiger partial charge in [0.05, 0.1) is 54.1 Å². The number of carbonyl (C=O) groups excluding carboxylic acids is 1. The number of pyridine rings is 2. The van der Waals surface area contributed by atoms with E-state index in [9.17, 15) is 4.79 Å². The molecule has 0 radical (unpaired) electrons. The highest BCUT2D eigenvalue weighted by atomic mass is 16.5. The number of nitrogens with zero attached hydrogens (tertiary/aromatic N) is 4. The number of imidazole rings is 1. The second-order valence-electron chi connectivity index (χ2n) is 11.1. The van der Waals surface area contributed by atoms with Crippen LogP contribution in [0.15, 0.2) is 91.3 Å². The van der Waals surface area contributed by atoms with Gasteiger partial charge in [0.1, 0.15) is 5.82 Å². The first-order chi connectivity index (χ1) is 21.2. The number of aromatic amines is 1. The van der Waals surface area contributed by atoms with Crippen molar-refractivity contribution in [2.75, 3.05) is 6.61 Å². The zero-order valence-electron chi connectivity index (χ0n) is 24.6. The summed E-state index contributed by atoms with van der Waals surface area (Å²) in [6.07, 6.45) is 7.20. The molecule has 3 heterocycles. The average molecular weight is 591 g/mol. The van der Waals surface area contributed by atoms with E-state index in [1.165, 1.54) is 16.8 Å². The topological polar surface area (TPSA) is 96.0 Å². The van der Waals surface area contributed by atoms with Crippen molar-refractivity contribution in [2.24, 2.45) is 0 Å². The van der Waals surface area contributed by atoms with Gasteiger partial charge in [-0.15, -0.1) is 0 Å². The lowest BCUT2D eigenvalue weighted by molar-refractivity contribution is -0.143. The molecule has 0 amide bonds. The molecule has 0 fully saturated rings. The largest absolute Gasteiger partial charge is 0.466 e. The summed E-state index contributed by atoms with van der Waals surface area (Å²) in [6, 6.07) is 26.9. The number of para-hydroxylation sites is 2. The van der Waals surface area contributed by atoms with Gasteiger partial charge in [-0.2, -0.15) is 0 Å². The Bertz CT molecular complexity index is 1600. The fourth-order valence-corrected chi connectivity index (χ4v) is 5.98. The standard InChI is InChI=1S/C35H38N6O2.CH4/c1-2-43-34(42)21-31(28-11-5-6-19-36-28)38-22-25-15-17-26(18-16-25)23-41(24-33-39-29-12-3-4-13-30(29)40-33)32-14-7-9-27-10-8-20-37-35(27)32;/h3-6,8,10-13,15-20,31-32,38H,2,7,9,14,21-24H2,1H3,(H,39,40);1H4. The SMILES string of the molecule is C.CCOC(=O)CC(NCc1ccc(CN(Cc2nc3ccccc3[nH]2)C2CCCc3cccnc32)cc1)c1ccccn1. The van der Waals surface area contributed by atoms with Crippen molar-refractivity contribution in [1.29, 1.82) is 0 Å². The summed E-state index contributed by atoms with van der Waals surface area (Å²) in [7, 11) is 0. The number of aromatic nitrogens is 4. The zero-order chi connectivity index (χ0) is 29.4. The molecule has 1 aliphatic rings. The van der Waals surface area contributed by atoms with E-state index in [2.05, 4.69) is 62.6 Å². The number of hydrogen-bond donors (Lipinski definition) is 2. The number of esters is 1. The van der Waals surface area contributed by atoms with Crippen LogP contribution in [0.4, 0.5) is 0 Å². The predicted octanol–water partition coefficient (Wildman–Crippen LogP) is 6.85. The minimum absolute atomic E-state index is 0. The number of aryl methyl sites for hydroxylation is 1.